The standard InChI is InChI=1S/C19H39F2NO8Si2/c1-16(15-17(23)11-8-9-13-31(25-2,26-3)27-4)19(20,21)18(24)22-12-10-14-32(28-5,29-6)30-7/h16H,8-15H2,1-7H3,(H,22,24). The van der Waals surface area contributed by atoms with Gasteiger partial charge in [-0.05, 0) is 19.3 Å². The summed E-state index contributed by atoms with van der Waals surface area (Å²) in [5, 5.41) is 2.23. The smallest absolute Gasteiger partial charge is 0.377 e. The van der Waals surface area contributed by atoms with Crippen molar-refractivity contribution in [3.63, 3.8) is 0 Å². The molecule has 0 bridgehead atoms. The Morgan fingerprint density at radius 3 is 1.69 bits per heavy atom. The van der Waals surface area contributed by atoms with Crippen LogP contribution in [-0.4, -0.2) is 84.4 Å². The van der Waals surface area contributed by atoms with E-state index in [1.54, 1.807) is 0 Å². The van der Waals surface area contributed by atoms with E-state index >= 15 is 0 Å². The Balaban J connectivity index is 4.45. The molecule has 0 aromatic rings. The molecular weight excluding hydrogens is 464 g/mol. The Labute approximate surface area is 192 Å². The van der Waals surface area contributed by atoms with Gasteiger partial charge >= 0.3 is 23.5 Å². The molecule has 0 saturated carbocycles. The first kappa shape index (κ1) is 31.2. The van der Waals surface area contributed by atoms with Gasteiger partial charge in [0.1, 0.15) is 5.78 Å². The number of alkyl halides is 2. The van der Waals surface area contributed by atoms with Gasteiger partial charge in [0.15, 0.2) is 0 Å². The van der Waals surface area contributed by atoms with Crippen LogP contribution in [0.25, 0.3) is 0 Å². The van der Waals surface area contributed by atoms with Gasteiger partial charge in [0.2, 0.25) is 0 Å². The summed E-state index contributed by atoms with van der Waals surface area (Å²) in [5.41, 5.74) is 0. The van der Waals surface area contributed by atoms with Crippen molar-refractivity contribution in [2.45, 2.75) is 57.0 Å². The normalized spacial score (nSPS) is 13.8. The maximum Gasteiger partial charge on any atom is 0.500 e. The summed E-state index contributed by atoms with van der Waals surface area (Å²) in [7, 11) is 3.35. The van der Waals surface area contributed by atoms with E-state index < -0.39 is 35.4 Å². The molecule has 32 heavy (non-hydrogen) atoms. The maximum absolute atomic E-state index is 14.4. The van der Waals surface area contributed by atoms with Crippen molar-refractivity contribution in [2.24, 2.45) is 5.92 Å². The molecule has 0 rings (SSSR count). The van der Waals surface area contributed by atoms with Gasteiger partial charge in [-0.3, -0.25) is 9.59 Å². The summed E-state index contributed by atoms with van der Waals surface area (Å²) >= 11 is 0. The Morgan fingerprint density at radius 2 is 1.25 bits per heavy atom. The second-order valence-corrected chi connectivity index (χ2v) is 13.6. The molecule has 9 nitrogen and oxygen atoms in total. The molecule has 0 spiro atoms. The summed E-state index contributed by atoms with van der Waals surface area (Å²) in [6.07, 6.45) is 1.22. The Kier molecular flexibility index (Phi) is 14.8. The van der Waals surface area contributed by atoms with E-state index in [-0.39, 0.29) is 25.2 Å². The Hall–Kier alpha value is -0.806. The van der Waals surface area contributed by atoms with Crippen LogP contribution >= 0.6 is 0 Å². The highest BCUT2D eigenvalue weighted by atomic mass is 28.4. The van der Waals surface area contributed by atoms with Crippen molar-refractivity contribution < 1.29 is 44.9 Å². The van der Waals surface area contributed by atoms with Crippen LogP contribution in [0.3, 0.4) is 0 Å². The number of carbonyl (C=O) groups is 2. The molecule has 1 N–H and O–H groups in total. The zero-order valence-electron chi connectivity index (χ0n) is 20.3. The summed E-state index contributed by atoms with van der Waals surface area (Å²) in [6, 6.07) is 0.896. The van der Waals surface area contributed by atoms with E-state index in [0.717, 1.165) is 0 Å². The topological polar surface area (TPSA) is 102 Å². The fourth-order valence-corrected chi connectivity index (χ4v) is 6.71. The highest BCUT2D eigenvalue weighted by Crippen LogP contribution is 2.28. The molecule has 190 valence electrons. The molecule has 0 fully saturated rings. The number of hydrogen-bond donors (Lipinski definition) is 1. The fourth-order valence-electron chi connectivity index (χ4n) is 3.20. The van der Waals surface area contributed by atoms with Crippen LogP contribution in [0.1, 0.15) is 39.0 Å². The predicted octanol–water partition coefficient (Wildman–Crippen LogP) is 2.65. The largest absolute Gasteiger partial charge is 0.500 e. The van der Waals surface area contributed by atoms with E-state index in [2.05, 4.69) is 5.32 Å². The van der Waals surface area contributed by atoms with Gasteiger partial charge in [-0.1, -0.05) is 6.92 Å². The van der Waals surface area contributed by atoms with Crippen LogP contribution in [0.5, 0.6) is 0 Å². The van der Waals surface area contributed by atoms with Gasteiger partial charge in [-0.15, -0.1) is 0 Å². The molecule has 0 aromatic heterocycles. The number of halogens is 2. The van der Waals surface area contributed by atoms with E-state index in [4.69, 9.17) is 26.6 Å². The minimum Gasteiger partial charge on any atom is -0.377 e. The van der Waals surface area contributed by atoms with E-state index in [1.807, 2.05) is 0 Å². The second kappa shape index (κ2) is 15.2. The minimum atomic E-state index is -3.65. The summed E-state index contributed by atoms with van der Waals surface area (Å²) < 4.78 is 60.5. The summed E-state index contributed by atoms with van der Waals surface area (Å²) in [5.74, 6) is -6.78. The third-order valence-electron chi connectivity index (χ3n) is 5.46. The zero-order valence-corrected chi connectivity index (χ0v) is 22.3. The quantitative estimate of drug-likeness (QED) is 0.212. The molecule has 0 saturated heterocycles. The predicted molar refractivity (Wildman–Crippen MR) is 118 cm³/mol. The third kappa shape index (κ3) is 9.59. The maximum atomic E-state index is 14.4. The summed E-state index contributed by atoms with van der Waals surface area (Å²) in [4.78, 5) is 24.1. The average molecular weight is 504 g/mol. The van der Waals surface area contributed by atoms with Crippen molar-refractivity contribution in [2.75, 3.05) is 49.2 Å². The molecule has 1 atom stereocenters. The van der Waals surface area contributed by atoms with Crippen LogP contribution in [0.15, 0.2) is 0 Å². The van der Waals surface area contributed by atoms with Gasteiger partial charge < -0.3 is 31.9 Å². The SMILES string of the molecule is CO[Si](CCCCC(=O)CC(C)C(F)(F)C(=O)NCCC[Si](OC)(OC)OC)(OC)OC. The molecule has 1 unspecified atom stereocenters. The fraction of sp³-hybridized carbons (Fsp3) is 0.895. The van der Waals surface area contributed by atoms with Crippen molar-refractivity contribution in [3.05, 3.63) is 0 Å². The molecule has 0 aromatic carbocycles. The van der Waals surface area contributed by atoms with Crippen molar-refractivity contribution in [1.29, 1.82) is 0 Å². The number of hydrogen-bond acceptors (Lipinski definition) is 8. The molecular formula is C19H39F2NO8Si2. The molecule has 0 aliphatic heterocycles. The Morgan fingerprint density at radius 1 is 0.812 bits per heavy atom. The molecule has 1 amide bonds. The van der Waals surface area contributed by atoms with Crippen LogP contribution in [0, 0.1) is 5.92 Å². The lowest BCUT2D eigenvalue weighted by Gasteiger charge is -2.25. The average Bonchev–Trinajstić information content (AvgIpc) is 2.80. The lowest BCUT2D eigenvalue weighted by Crippen LogP contribution is -2.46. The molecule has 0 aliphatic rings. The van der Waals surface area contributed by atoms with Gasteiger partial charge in [0, 0.05) is 80.1 Å². The monoisotopic (exact) mass is 503 g/mol. The zero-order chi connectivity index (χ0) is 24.8. The van der Waals surface area contributed by atoms with Gasteiger partial charge in [-0.2, -0.15) is 8.78 Å². The second-order valence-electron chi connectivity index (χ2n) is 7.42. The van der Waals surface area contributed by atoms with Gasteiger partial charge in [0.25, 0.3) is 5.91 Å². The third-order valence-corrected chi connectivity index (χ3v) is 11.1. The molecule has 0 radical (unpaired) electrons. The van der Waals surface area contributed by atoms with E-state index in [9.17, 15) is 18.4 Å². The first-order chi connectivity index (χ1) is 15.0. The first-order valence-corrected chi connectivity index (χ1v) is 14.4. The number of amides is 1. The number of unbranched alkanes of at least 4 members (excludes halogenated alkanes) is 1. The van der Waals surface area contributed by atoms with E-state index in [0.29, 0.717) is 31.4 Å². The first-order valence-electron chi connectivity index (χ1n) is 10.5. The summed E-state index contributed by atoms with van der Waals surface area (Å²) in [6.45, 7) is 1.22. The van der Waals surface area contributed by atoms with Gasteiger partial charge in [-0.25, -0.2) is 0 Å². The van der Waals surface area contributed by atoms with Crippen molar-refractivity contribution >= 4 is 29.3 Å². The molecule has 13 heteroatoms. The highest BCUT2D eigenvalue weighted by molar-refractivity contribution is 6.60. The van der Waals surface area contributed by atoms with Crippen LogP contribution < -0.4 is 5.32 Å². The number of rotatable bonds is 19. The van der Waals surface area contributed by atoms with Crippen molar-refractivity contribution in [3.8, 4) is 0 Å². The number of nitrogens with one attached hydrogen (secondary N) is 1. The van der Waals surface area contributed by atoms with Crippen LogP contribution in [0.2, 0.25) is 12.1 Å². The molecule has 0 heterocycles. The van der Waals surface area contributed by atoms with Crippen LogP contribution in [-0.2, 0) is 36.1 Å². The lowest BCUT2D eigenvalue weighted by molar-refractivity contribution is -0.154. The highest BCUT2D eigenvalue weighted by Gasteiger charge is 2.45. The van der Waals surface area contributed by atoms with Gasteiger partial charge in [0.05, 0.1) is 0 Å². The van der Waals surface area contributed by atoms with Crippen LogP contribution in [0.4, 0.5) is 8.78 Å². The number of Topliss-reactive ketones (excluding diaryl/α,β-unsaturated/α-hetero) is 1. The van der Waals surface area contributed by atoms with E-state index in [1.165, 1.54) is 49.6 Å². The lowest BCUT2D eigenvalue weighted by atomic mass is 9.94. The number of ketones is 1. The Bertz CT molecular complexity index is 547. The van der Waals surface area contributed by atoms with Crippen molar-refractivity contribution in [1.82, 2.24) is 5.32 Å². The molecule has 0 aliphatic carbocycles. The number of carbonyl (C=O) groups excluding carboxylic acids is 2. The minimum absolute atomic E-state index is 0.0179.